The zero-order valence-corrected chi connectivity index (χ0v) is 14.7. The third-order valence-corrected chi connectivity index (χ3v) is 4.04. The van der Waals surface area contributed by atoms with Crippen molar-refractivity contribution in [2.45, 2.75) is 6.18 Å². The first-order valence-corrected chi connectivity index (χ1v) is 8.11. The van der Waals surface area contributed by atoms with Crippen molar-refractivity contribution in [3.8, 4) is 29.3 Å². The van der Waals surface area contributed by atoms with Crippen LogP contribution in [0.25, 0.3) is 28.4 Å². The second kappa shape index (κ2) is 6.83. The van der Waals surface area contributed by atoms with Crippen LogP contribution in [-0.2, 0) is 6.18 Å². The maximum Gasteiger partial charge on any atom is 0.416 e. The van der Waals surface area contributed by atoms with Gasteiger partial charge in [-0.05, 0) is 24.3 Å². The summed E-state index contributed by atoms with van der Waals surface area (Å²) in [4.78, 5) is 12.4. The number of nitriles is 1. The number of rotatable bonds is 3. The van der Waals surface area contributed by atoms with Crippen molar-refractivity contribution in [2.24, 2.45) is 0 Å². The highest BCUT2D eigenvalue weighted by atomic mass is 19.4. The molecule has 3 heterocycles. The summed E-state index contributed by atoms with van der Waals surface area (Å²) in [5.74, 6) is 0.780. The van der Waals surface area contributed by atoms with Crippen LogP contribution >= 0.6 is 0 Å². The van der Waals surface area contributed by atoms with Crippen LogP contribution in [0.5, 0.6) is 5.88 Å². The minimum atomic E-state index is -4.51. The van der Waals surface area contributed by atoms with Crippen molar-refractivity contribution >= 4 is 11.0 Å². The molecule has 0 amide bonds. The zero-order chi connectivity index (χ0) is 20.6. The first kappa shape index (κ1) is 18.3. The second-order valence-electron chi connectivity index (χ2n) is 5.80. The van der Waals surface area contributed by atoms with Gasteiger partial charge in [0.2, 0.25) is 5.88 Å². The van der Waals surface area contributed by atoms with Crippen molar-refractivity contribution < 1.29 is 17.9 Å². The highest BCUT2D eigenvalue weighted by molar-refractivity contribution is 5.83. The Kier molecular flexibility index (Phi) is 4.31. The fraction of sp³-hybridized carbons (Fsp3) is 0.111. The molecule has 11 heteroatoms. The topological polar surface area (TPSA) is 102 Å². The van der Waals surface area contributed by atoms with Crippen LogP contribution in [0.1, 0.15) is 11.3 Å². The Labute approximate surface area is 161 Å². The zero-order valence-electron chi connectivity index (χ0n) is 14.7. The normalized spacial score (nSPS) is 11.4. The number of fused-ring (bicyclic) bond motifs is 1. The number of aromatic nitrogens is 6. The molecule has 29 heavy (non-hydrogen) atoms. The fourth-order valence-corrected chi connectivity index (χ4v) is 2.70. The Morgan fingerprint density at radius 1 is 1.07 bits per heavy atom. The number of halogens is 3. The SMILES string of the molecule is COc1ccc(-n2c(-c3cnc(C#N)cn3)nc3cc(C(F)(F)F)ccc32)nn1. The molecule has 0 aliphatic heterocycles. The van der Waals surface area contributed by atoms with E-state index in [1.165, 1.54) is 30.1 Å². The Hall–Kier alpha value is -4.07. The van der Waals surface area contributed by atoms with Crippen molar-refractivity contribution in [3.63, 3.8) is 0 Å². The quantitative estimate of drug-likeness (QED) is 0.523. The first-order valence-electron chi connectivity index (χ1n) is 8.11. The van der Waals surface area contributed by atoms with Gasteiger partial charge in [0.25, 0.3) is 0 Å². The maximum absolute atomic E-state index is 13.1. The molecule has 3 aromatic heterocycles. The molecule has 1 aromatic carbocycles. The van der Waals surface area contributed by atoms with E-state index in [-0.39, 0.29) is 28.6 Å². The molecule has 0 saturated carbocycles. The average Bonchev–Trinajstić information content (AvgIpc) is 3.12. The monoisotopic (exact) mass is 397 g/mol. The largest absolute Gasteiger partial charge is 0.480 e. The van der Waals surface area contributed by atoms with Crippen LogP contribution in [0.4, 0.5) is 13.2 Å². The molecule has 4 aromatic rings. The number of alkyl halides is 3. The van der Waals surface area contributed by atoms with Gasteiger partial charge in [-0.3, -0.25) is 4.57 Å². The number of methoxy groups -OCH3 is 1. The van der Waals surface area contributed by atoms with Crippen molar-refractivity contribution in [1.29, 1.82) is 5.26 Å². The fourth-order valence-electron chi connectivity index (χ4n) is 2.70. The minimum Gasteiger partial charge on any atom is -0.480 e. The van der Waals surface area contributed by atoms with E-state index in [9.17, 15) is 13.2 Å². The average molecular weight is 397 g/mol. The molecule has 0 fully saturated rings. The Morgan fingerprint density at radius 2 is 1.90 bits per heavy atom. The summed E-state index contributed by atoms with van der Waals surface area (Å²) < 4.78 is 45.8. The van der Waals surface area contributed by atoms with E-state index < -0.39 is 11.7 Å². The number of hydrogen-bond acceptors (Lipinski definition) is 7. The van der Waals surface area contributed by atoms with Crippen LogP contribution in [0.3, 0.4) is 0 Å². The summed E-state index contributed by atoms with van der Waals surface area (Å²) in [6.07, 6.45) is -1.94. The lowest BCUT2D eigenvalue weighted by Gasteiger charge is -2.09. The first-order chi connectivity index (χ1) is 13.9. The number of nitrogens with zero attached hydrogens (tertiary/aromatic N) is 7. The van der Waals surface area contributed by atoms with Gasteiger partial charge in [-0.2, -0.15) is 18.4 Å². The highest BCUT2D eigenvalue weighted by Crippen LogP contribution is 2.33. The van der Waals surface area contributed by atoms with Crippen LogP contribution in [0, 0.1) is 11.3 Å². The summed E-state index contributed by atoms with van der Waals surface area (Å²) in [6, 6.07) is 8.22. The van der Waals surface area contributed by atoms with E-state index >= 15 is 0 Å². The molecule has 0 radical (unpaired) electrons. The van der Waals surface area contributed by atoms with Crippen LogP contribution in [0.2, 0.25) is 0 Å². The number of imidazole rings is 1. The molecule has 0 atom stereocenters. The van der Waals surface area contributed by atoms with Gasteiger partial charge in [-0.1, -0.05) is 0 Å². The van der Waals surface area contributed by atoms with Gasteiger partial charge in [-0.25, -0.2) is 15.0 Å². The molecule has 0 unspecified atom stereocenters. The summed E-state index contributed by atoms with van der Waals surface area (Å²) in [5, 5.41) is 16.8. The number of ether oxygens (including phenoxy) is 1. The van der Waals surface area contributed by atoms with Gasteiger partial charge < -0.3 is 4.74 Å². The lowest BCUT2D eigenvalue weighted by Crippen LogP contribution is -2.05. The van der Waals surface area contributed by atoms with E-state index in [1.807, 2.05) is 6.07 Å². The van der Waals surface area contributed by atoms with Gasteiger partial charge in [0, 0.05) is 6.07 Å². The van der Waals surface area contributed by atoms with Crippen LogP contribution in [-0.4, -0.2) is 36.8 Å². The number of hydrogen-bond donors (Lipinski definition) is 0. The standard InChI is InChI=1S/C18H10F3N7O/c1-29-16-5-4-15(26-27-16)28-14-3-2-10(18(19,20)21)6-12(14)25-17(28)13-9-23-11(7-22)8-24-13/h2-6,8-9H,1H3. The smallest absolute Gasteiger partial charge is 0.416 e. The predicted molar refractivity (Wildman–Crippen MR) is 94.0 cm³/mol. The molecule has 0 aliphatic rings. The number of benzene rings is 1. The molecule has 144 valence electrons. The van der Waals surface area contributed by atoms with Gasteiger partial charge in [0.1, 0.15) is 11.8 Å². The molecular formula is C18H10F3N7O. The lowest BCUT2D eigenvalue weighted by atomic mass is 10.2. The highest BCUT2D eigenvalue weighted by Gasteiger charge is 2.31. The molecule has 4 rings (SSSR count). The van der Waals surface area contributed by atoms with E-state index in [0.717, 1.165) is 12.1 Å². The van der Waals surface area contributed by atoms with Crippen LogP contribution < -0.4 is 4.74 Å². The summed E-state index contributed by atoms with van der Waals surface area (Å²) >= 11 is 0. The predicted octanol–water partition coefficient (Wildman–Crippen LogP) is 3.17. The van der Waals surface area contributed by atoms with Crippen molar-refractivity contribution in [2.75, 3.05) is 7.11 Å². The Balaban J connectivity index is 1.97. The molecule has 0 bridgehead atoms. The second-order valence-corrected chi connectivity index (χ2v) is 5.80. The molecule has 0 spiro atoms. The summed E-state index contributed by atoms with van der Waals surface area (Å²) in [5.41, 5.74) is -0.00320. The van der Waals surface area contributed by atoms with Gasteiger partial charge in [-0.15, -0.1) is 10.2 Å². The summed E-state index contributed by atoms with van der Waals surface area (Å²) in [6.45, 7) is 0. The van der Waals surface area contributed by atoms with Crippen LogP contribution in [0.15, 0.2) is 42.7 Å². The Morgan fingerprint density at radius 3 is 2.48 bits per heavy atom. The maximum atomic E-state index is 13.1. The van der Waals surface area contributed by atoms with E-state index in [2.05, 4.69) is 25.1 Å². The molecule has 0 N–H and O–H groups in total. The Bertz CT molecular complexity index is 1230. The molecule has 8 nitrogen and oxygen atoms in total. The molecule has 0 aliphatic carbocycles. The van der Waals surface area contributed by atoms with Gasteiger partial charge in [0.15, 0.2) is 17.3 Å². The van der Waals surface area contributed by atoms with E-state index in [0.29, 0.717) is 11.3 Å². The third-order valence-electron chi connectivity index (χ3n) is 4.04. The molecule has 0 saturated heterocycles. The lowest BCUT2D eigenvalue weighted by molar-refractivity contribution is -0.137. The molecular weight excluding hydrogens is 387 g/mol. The van der Waals surface area contributed by atoms with Gasteiger partial charge >= 0.3 is 6.18 Å². The van der Waals surface area contributed by atoms with Gasteiger partial charge in [0.05, 0.1) is 36.1 Å². The minimum absolute atomic E-state index is 0.0959. The van der Waals surface area contributed by atoms with E-state index in [1.54, 1.807) is 12.1 Å². The van der Waals surface area contributed by atoms with Crippen molar-refractivity contribution in [3.05, 3.63) is 54.0 Å². The van der Waals surface area contributed by atoms with E-state index in [4.69, 9.17) is 10.00 Å². The summed E-state index contributed by atoms with van der Waals surface area (Å²) in [7, 11) is 1.44. The third kappa shape index (κ3) is 3.31. The van der Waals surface area contributed by atoms with Crippen molar-refractivity contribution in [1.82, 2.24) is 29.7 Å².